The first-order valence-corrected chi connectivity index (χ1v) is 4.93. The first-order valence-electron chi connectivity index (χ1n) is 4.93. The van der Waals surface area contributed by atoms with Crippen LogP contribution in [0.15, 0.2) is 11.8 Å². The molecule has 1 amide bonds. The molecule has 0 N–H and O–H groups in total. The van der Waals surface area contributed by atoms with Crippen LogP contribution in [0.4, 0.5) is 0 Å². The molecule has 1 saturated heterocycles. The third-order valence-corrected chi connectivity index (χ3v) is 2.73. The van der Waals surface area contributed by atoms with Gasteiger partial charge in [0.05, 0.1) is 6.61 Å². The number of nitrogens with zero attached hydrogens (tertiary/aromatic N) is 1. The van der Waals surface area contributed by atoms with E-state index in [-0.39, 0.29) is 5.91 Å². The quantitative estimate of drug-likeness (QED) is 0.610. The van der Waals surface area contributed by atoms with Gasteiger partial charge in [-0.2, -0.15) is 0 Å². The highest BCUT2D eigenvalue weighted by Gasteiger charge is 2.29. The van der Waals surface area contributed by atoms with Crippen LogP contribution in [0.5, 0.6) is 0 Å². The Morgan fingerprint density at radius 2 is 2.54 bits per heavy atom. The Balaban J connectivity index is 2.03. The van der Waals surface area contributed by atoms with Gasteiger partial charge in [-0.25, -0.2) is 0 Å². The lowest BCUT2D eigenvalue weighted by Crippen LogP contribution is -2.34. The van der Waals surface area contributed by atoms with E-state index in [1.54, 1.807) is 0 Å². The van der Waals surface area contributed by atoms with E-state index < -0.39 is 0 Å². The Bertz CT molecular complexity index is 247. The van der Waals surface area contributed by atoms with Gasteiger partial charge in [-0.15, -0.1) is 0 Å². The number of hydrogen-bond donors (Lipinski definition) is 0. The molecule has 0 aromatic rings. The van der Waals surface area contributed by atoms with E-state index in [1.165, 1.54) is 0 Å². The Morgan fingerprint density at radius 3 is 3.08 bits per heavy atom. The van der Waals surface area contributed by atoms with Crippen LogP contribution in [-0.4, -0.2) is 30.0 Å². The summed E-state index contributed by atoms with van der Waals surface area (Å²) in [5.41, 5.74) is 0. The smallest absolute Gasteiger partial charge is 0.288 e. The molecular formula is C10H15NO2. The van der Waals surface area contributed by atoms with Gasteiger partial charge in [0.1, 0.15) is 0 Å². The number of hydrogen-bond acceptors (Lipinski definition) is 2. The molecule has 2 heterocycles. The van der Waals surface area contributed by atoms with Crippen LogP contribution in [0.2, 0.25) is 0 Å². The zero-order chi connectivity index (χ0) is 9.26. The highest BCUT2D eigenvalue weighted by Crippen LogP contribution is 2.21. The van der Waals surface area contributed by atoms with E-state index >= 15 is 0 Å². The number of carbonyl (C=O) groups excluding carboxylic acids is 1. The maximum Gasteiger partial charge on any atom is 0.288 e. The van der Waals surface area contributed by atoms with Gasteiger partial charge >= 0.3 is 0 Å². The lowest BCUT2D eigenvalue weighted by molar-refractivity contribution is -0.130. The standard InChI is InChI=1S/C10H15NO2/c1-8-4-2-6-11(8)10(12)9-5-3-7-13-9/h5,8H,2-4,6-7H2,1H3. The summed E-state index contributed by atoms with van der Waals surface area (Å²) in [6.07, 6.45) is 5.02. The summed E-state index contributed by atoms with van der Waals surface area (Å²) in [6, 6.07) is 0.387. The van der Waals surface area contributed by atoms with Crippen molar-refractivity contribution in [3.8, 4) is 0 Å². The van der Waals surface area contributed by atoms with Gasteiger partial charge in [-0.05, 0) is 25.8 Å². The average molecular weight is 181 g/mol. The highest BCUT2D eigenvalue weighted by atomic mass is 16.5. The Labute approximate surface area is 78.4 Å². The zero-order valence-corrected chi connectivity index (χ0v) is 7.95. The van der Waals surface area contributed by atoms with Crippen molar-refractivity contribution in [1.82, 2.24) is 4.90 Å². The summed E-state index contributed by atoms with van der Waals surface area (Å²) < 4.78 is 5.25. The summed E-state index contributed by atoms with van der Waals surface area (Å²) in [5.74, 6) is 0.649. The normalized spacial score (nSPS) is 27.3. The van der Waals surface area contributed by atoms with Gasteiger partial charge in [0.2, 0.25) is 0 Å². The molecule has 1 atom stereocenters. The van der Waals surface area contributed by atoms with Crippen LogP contribution in [0.25, 0.3) is 0 Å². The predicted molar refractivity (Wildman–Crippen MR) is 49.1 cm³/mol. The summed E-state index contributed by atoms with van der Waals surface area (Å²) in [7, 11) is 0. The molecular weight excluding hydrogens is 166 g/mol. The van der Waals surface area contributed by atoms with Crippen molar-refractivity contribution >= 4 is 5.91 Å². The van der Waals surface area contributed by atoms with Crippen molar-refractivity contribution in [1.29, 1.82) is 0 Å². The maximum absolute atomic E-state index is 11.8. The minimum atomic E-state index is 0.0856. The monoisotopic (exact) mass is 181 g/mol. The Hall–Kier alpha value is -0.990. The van der Waals surface area contributed by atoms with Crippen LogP contribution >= 0.6 is 0 Å². The molecule has 0 bridgehead atoms. The molecule has 1 unspecified atom stereocenters. The van der Waals surface area contributed by atoms with Gasteiger partial charge in [-0.1, -0.05) is 0 Å². The topological polar surface area (TPSA) is 29.5 Å². The van der Waals surface area contributed by atoms with Crippen molar-refractivity contribution in [3.63, 3.8) is 0 Å². The minimum Gasteiger partial charge on any atom is -0.488 e. The maximum atomic E-state index is 11.8. The number of ether oxygens (including phenoxy) is 1. The fourth-order valence-corrected chi connectivity index (χ4v) is 1.94. The third kappa shape index (κ3) is 1.55. The number of rotatable bonds is 1. The molecule has 2 aliphatic rings. The molecule has 13 heavy (non-hydrogen) atoms. The predicted octanol–water partition coefficient (Wildman–Crippen LogP) is 1.30. The van der Waals surface area contributed by atoms with E-state index in [4.69, 9.17) is 4.74 Å². The third-order valence-electron chi connectivity index (χ3n) is 2.73. The van der Waals surface area contributed by atoms with E-state index in [0.717, 1.165) is 25.8 Å². The second kappa shape index (κ2) is 3.40. The van der Waals surface area contributed by atoms with E-state index in [0.29, 0.717) is 18.4 Å². The summed E-state index contributed by atoms with van der Waals surface area (Å²) >= 11 is 0. The van der Waals surface area contributed by atoms with Gasteiger partial charge < -0.3 is 9.64 Å². The first kappa shape index (κ1) is 8.60. The minimum absolute atomic E-state index is 0.0856. The molecule has 2 rings (SSSR count). The largest absolute Gasteiger partial charge is 0.488 e. The fourth-order valence-electron chi connectivity index (χ4n) is 1.94. The van der Waals surface area contributed by atoms with Crippen molar-refractivity contribution < 1.29 is 9.53 Å². The van der Waals surface area contributed by atoms with E-state index in [2.05, 4.69) is 6.92 Å². The molecule has 3 nitrogen and oxygen atoms in total. The zero-order valence-electron chi connectivity index (χ0n) is 7.95. The van der Waals surface area contributed by atoms with Gasteiger partial charge in [-0.3, -0.25) is 4.79 Å². The molecule has 0 saturated carbocycles. The van der Waals surface area contributed by atoms with Crippen molar-refractivity contribution in [2.24, 2.45) is 0 Å². The number of likely N-dealkylation sites (tertiary alicyclic amines) is 1. The molecule has 0 aromatic carbocycles. The SMILES string of the molecule is CC1CCCN1C(=O)C1=CCCO1. The van der Waals surface area contributed by atoms with Crippen LogP contribution in [0, 0.1) is 0 Å². The second-order valence-electron chi connectivity index (χ2n) is 3.70. The fraction of sp³-hybridized carbons (Fsp3) is 0.700. The number of carbonyl (C=O) groups is 1. The van der Waals surface area contributed by atoms with Crippen LogP contribution in [-0.2, 0) is 9.53 Å². The first-order chi connectivity index (χ1) is 6.29. The summed E-state index contributed by atoms with van der Waals surface area (Å²) in [6.45, 7) is 3.66. The molecule has 0 aromatic heterocycles. The highest BCUT2D eigenvalue weighted by molar-refractivity contribution is 5.92. The van der Waals surface area contributed by atoms with Crippen molar-refractivity contribution in [2.45, 2.75) is 32.2 Å². The molecule has 1 fully saturated rings. The number of amides is 1. The van der Waals surface area contributed by atoms with Gasteiger partial charge in [0.15, 0.2) is 5.76 Å². The molecule has 72 valence electrons. The second-order valence-corrected chi connectivity index (χ2v) is 3.70. The van der Waals surface area contributed by atoms with Gasteiger partial charge in [0.25, 0.3) is 5.91 Å². The summed E-state index contributed by atoms with van der Waals surface area (Å²) in [4.78, 5) is 13.7. The molecule has 3 heteroatoms. The molecule has 0 spiro atoms. The van der Waals surface area contributed by atoms with Crippen LogP contribution in [0.3, 0.4) is 0 Å². The molecule has 2 aliphatic heterocycles. The lowest BCUT2D eigenvalue weighted by atomic mass is 10.2. The van der Waals surface area contributed by atoms with E-state index in [1.807, 2.05) is 11.0 Å². The van der Waals surface area contributed by atoms with Crippen LogP contribution < -0.4 is 0 Å². The Morgan fingerprint density at radius 1 is 1.69 bits per heavy atom. The van der Waals surface area contributed by atoms with E-state index in [9.17, 15) is 4.79 Å². The van der Waals surface area contributed by atoms with Crippen LogP contribution in [0.1, 0.15) is 26.2 Å². The molecule has 0 aliphatic carbocycles. The van der Waals surface area contributed by atoms with Gasteiger partial charge in [0, 0.05) is 19.0 Å². The van der Waals surface area contributed by atoms with Crippen molar-refractivity contribution in [3.05, 3.63) is 11.8 Å². The van der Waals surface area contributed by atoms with Crippen molar-refractivity contribution in [2.75, 3.05) is 13.2 Å². The summed E-state index contributed by atoms with van der Waals surface area (Å²) in [5, 5.41) is 0. The Kier molecular flexibility index (Phi) is 2.25. The average Bonchev–Trinajstić information content (AvgIpc) is 2.72. The lowest BCUT2D eigenvalue weighted by Gasteiger charge is -2.21. The molecule has 0 radical (unpaired) electrons.